The first-order valence-corrected chi connectivity index (χ1v) is 10.6. The second-order valence-electron chi connectivity index (χ2n) is 6.75. The van der Waals surface area contributed by atoms with Crippen LogP contribution >= 0.6 is 0 Å². The number of hydrogen-bond donors (Lipinski definition) is 2. The van der Waals surface area contributed by atoms with Crippen LogP contribution < -0.4 is 10.0 Å². The van der Waals surface area contributed by atoms with E-state index in [1.165, 1.54) is 24.3 Å². The molecule has 1 aliphatic rings. The number of sulfonamides is 1. The van der Waals surface area contributed by atoms with Crippen molar-refractivity contribution in [3.63, 3.8) is 0 Å². The van der Waals surface area contributed by atoms with Gasteiger partial charge in [-0.25, -0.2) is 13.1 Å². The van der Waals surface area contributed by atoms with E-state index in [1.807, 2.05) is 6.92 Å². The molecule has 3 amide bonds. The first-order valence-electron chi connectivity index (χ1n) is 9.10. The summed E-state index contributed by atoms with van der Waals surface area (Å²) >= 11 is 0. The average molecular weight is 415 g/mol. The van der Waals surface area contributed by atoms with Crippen molar-refractivity contribution in [1.29, 1.82) is 0 Å². The summed E-state index contributed by atoms with van der Waals surface area (Å²) in [5.41, 5.74) is 0.899. The number of carbonyl (C=O) groups is 3. The Labute approximate surface area is 169 Å². The second-order valence-corrected chi connectivity index (χ2v) is 8.46. The highest BCUT2D eigenvalue weighted by atomic mass is 32.2. The molecule has 1 heterocycles. The first-order chi connectivity index (χ1) is 13.7. The van der Waals surface area contributed by atoms with E-state index in [2.05, 4.69) is 10.0 Å². The number of anilines is 1. The van der Waals surface area contributed by atoms with Crippen molar-refractivity contribution < 1.29 is 22.8 Å². The second kappa shape index (κ2) is 8.14. The highest BCUT2D eigenvalue weighted by Gasteiger charge is 2.36. The molecule has 9 heteroatoms. The normalized spacial score (nSPS) is 14.6. The third-order valence-corrected chi connectivity index (χ3v) is 6.20. The minimum atomic E-state index is -3.64. The van der Waals surface area contributed by atoms with Crippen molar-refractivity contribution in [3.05, 3.63) is 59.7 Å². The molecule has 0 saturated heterocycles. The molecular formula is C20H21N3O5S. The highest BCUT2D eigenvalue weighted by molar-refractivity contribution is 7.89. The molecule has 0 radical (unpaired) electrons. The van der Waals surface area contributed by atoms with Gasteiger partial charge in [-0.3, -0.25) is 19.3 Å². The van der Waals surface area contributed by atoms with Crippen molar-refractivity contribution in [2.75, 3.05) is 11.9 Å². The molecule has 0 bridgehead atoms. The van der Waals surface area contributed by atoms with Crippen LogP contribution in [0.3, 0.4) is 0 Å². The minimum Gasteiger partial charge on any atom is -0.325 e. The molecular weight excluding hydrogens is 394 g/mol. The summed E-state index contributed by atoms with van der Waals surface area (Å²) in [5.74, 6) is -1.59. The Morgan fingerprint density at radius 3 is 2.07 bits per heavy atom. The molecule has 1 atom stereocenters. The molecule has 0 fully saturated rings. The molecule has 0 unspecified atom stereocenters. The number of fused-ring (bicyclic) bond motifs is 1. The maximum Gasteiger partial charge on any atom is 0.262 e. The van der Waals surface area contributed by atoms with E-state index in [1.54, 1.807) is 31.2 Å². The van der Waals surface area contributed by atoms with Crippen LogP contribution in [0.1, 0.15) is 41.0 Å². The zero-order valence-electron chi connectivity index (χ0n) is 16.0. The van der Waals surface area contributed by atoms with Crippen LogP contribution in [0.5, 0.6) is 0 Å². The van der Waals surface area contributed by atoms with E-state index in [4.69, 9.17) is 0 Å². The van der Waals surface area contributed by atoms with Crippen LogP contribution in [-0.2, 0) is 14.8 Å². The number of imide groups is 1. The lowest BCUT2D eigenvalue weighted by Crippen LogP contribution is -2.37. The van der Waals surface area contributed by atoms with Crippen molar-refractivity contribution in [1.82, 2.24) is 9.62 Å². The summed E-state index contributed by atoms with van der Waals surface area (Å²) in [5, 5.41) is 2.57. The summed E-state index contributed by atoms with van der Waals surface area (Å²) < 4.78 is 27.1. The summed E-state index contributed by atoms with van der Waals surface area (Å²) in [4.78, 5) is 37.9. The SMILES string of the molecule is CC[C@@H](C)NS(=O)(=O)c1ccc(NC(=O)CN2C(=O)c3ccccc3C2=O)cc1. The minimum absolute atomic E-state index is 0.0798. The van der Waals surface area contributed by atoms with Gasteiger partial charge in [0.1, 0.15) is 6.54 Å². The van der Waals surface area contributed by atoms with Gasteiger partial charge in [-0.05, 0) is 49.7 Å². The van der Waals surface area contributed by atoms with E-state index in [0.717, 1.165) is 4.90 Å². The first kappa shape index (κ1) is 20.7. The predicted molar refractivity (Wildman–Crippen MR) is 107 cm³/mol. The number of carbonyl (C=O) groups excluding carboxylic acids is 3. The fraction of sp³-hybridized carbons (Fsp3) is 0.250. The van der Waals surface area contributed by atoms with Crippen LogP contribution in [0.25, 0.3) is 0 Å². The van der Waals surface area contributed by atoms with E-state index >= 15 is 0 Å². The lowest BCUT2D eigenvalue weighted by molar-refractivity contribution is -0.116. The van der Waals surface area contributed by atoms with E-state index < -0.39 is 34.3 Å². The van der Waals surface area contributed by atoms with Gasteiger partial charge >= 0.3 is 0 Å². The van der Waals surface area contributed by atoms with Gasteiger partial charge in [0.2, 0.25) is 15.9 Å². The summed E-state index contributed by atoms with van der Waals surface area (Å²) in [6.07, 6.45) is 0.658. The Bertz CT molecular complexity index is 1030. The highest BCUT2D eigenvalue weighted by Crippen LogP contribution is 2.22. The van der Waals surface area contributed by atoms with E-state index in [9.17, 15) is 22.8 Å². The van der Waals surface area contributed by atoms with Crippen LogP contribution in [0.15, 0.2) is 53.4 Å². The molecule has 0 aromatic heterocycles. The molecule has 0 saturated carbocycles. The third-order valence-electron chi connectivity index (χ3n) is 4.60. The monoisotopic (exact) mass is 415 g/mol. The van der Waals surface area contributed by atoms with Crippen molar-refractivity contribution in [3.8, 4) is 0 Å². The number of rotatable bonds is 7. The number of benzene rings is 2. The fourth-order valence-corrected chi connectivity index (χ4v) is 4.19. The van der Waals surface area contributed by atoms with E-state index in [-0.39, 0.29) is 22.1 Å². The molecule has 2 N–H and O–H groups in total. The molecule has 0 aliphatic carbocycles. The van der Waals surface area contributed by atoms with Crippen molar-refractivity contribution in [2.24, 2.45) is 0 Å². The zero-order chi connectivity index (χ0) is 21.2. The molecule has 152 valence electrons. The standard InChI is InChI=1S/C20H21N3O5S/c1-3-13(2)22-29(27,28)15-10-8-14(9-11-15)21-18(24)12-23-19(25)16-6-4-5-7-17(16)20(23)26/h4-11,13,22H,3,12H2,1-2H3,(H,21,24)/t13-/m1/s1. The van der Waals surface area contributed by atoms with Gasteiger partial charge < -0.3 is 5.32 Å². The number of nitrogens with one attached hydrogen (secondary N) is 2. The molecule has 29 heavy (non-hydrogen) atoms. The van der Waals surface area contributed by atoms with Gasteiger partial charge in [0.15, 0.2) is 0 Å². The number of hydrogen-bond acceptors (Lipinski definition) is 5. The van der Waals surface area contributed by atoms with Gasteiger partial charge in [0, 0.05) is 11.7 Å². The van der Waals surface area contributed by atoms with Crippen molar-refractivity contribution in [2.45, 2.75) is 31.2 Å². The lowest BCUT2D eigenvalue weighted by Gasteiger charge is -2.14. The third kappa shape index (κ3) is 4.36. The quantitative estimate of drug-likeness (QED) is 0.672. The average Bonchev–Trinajstić information content (AvgIpc) is 2.93. The molecule has 2 aromatic carbocycles. The summed E-state index contributed by atoms with van der Waals surface area (Å²) in [6, 6.07) is 11.8. The zero-order valence-corrected chi connectivity index (χ0v) is 16.8. The smallest absolute Gasteiger partial charge is 0.262 e. The van der Waals surface area contributed by atoms with Gasteiger partial charge in [-0.1, -0.05) is 19.1 Å². The maximum atomic E-state index is 12.3. The summed E-state index contributed by atoms with van der Waals surface area (Å²) in [6.45, 7) is 3.22. The molecule has 2 aromatic rings. The molecule has 0 spiro atoms. The Morgan fingerprint density at radius 1 is 1.00 bits per heavy atom. The van der Waals surface area contributed by atoms with Crippen LogP contribution in [0, 0.1) is 0 Å². The number of nitrogens with zero attached hydrogens (tertiary/aromatic N) is 1. The van der Waals surface area contributed by atoms with Gasteiger partial charge in [0.25, 0.3) is 11.8 Å². The molecule has 1 aliphatic heterocycles. The summed E-state index contributed by atoms with van der Waals surface area (Å²) in [7, 11) is -3.64. The van der Waals surface area contributed by atoms with E-state index in [0.29, 0.717) is 12.1 Å². The fourth-order valence-electron chi connectivity index (χ4n) is 2.86. The predicted octanol–water partition coefficient (Wildman–Crippen LogP) is 2.00. The Balaban J connectivity index is 1.65. The molecule has 3 rings (SSSR count). The number of amides is 3. The van der Waals surface area contributed by atoms with Gasteiger partial charge in [0.05, 0.1) is 16.0 Å². The van der Waals surface area contributed by atoms with Crippen molar-refractivity contribution >= 4 is 33.4 Å². The van der Waals surface area contributed by atoms with Crippen LogP contribution in [0.4, 0.5) is 5.69 Å². The topological polar surface area (TPSA) is 113 Å². The lowest BCUT2D eigenvalue weighted by atomic mass is 10.1. The maximum absolute atomic E-state index is 12.3. The Morgan fingerprint density at radius 2 is 1.55 bits per heavy atom. The van der Waals surface area contributed by atoms with Crippen LogP contribution in [-0.4, -0.2) is 43.6 Å². The Kier molecular flexibility index (Phi) is 5.81. The van der Waals surface area contributed by atoms with Crippen LogP contribution in [0.2, 0.25) is 0 Å². The van der Waals surface area contributed by atoms with Gasteiger partial charge in [-0.15, -0.1) is 0 Å². The Hall–Kier alpha value is -3.04. The molecule has 8 nitrogen and oxygen atoms in total. The van der Waals surface area contributed by atoms with Gasteiger partial charge in [-0.2, -0.15) is 0 Å². The largest absolute Gasteiger partial charge is 0.325 e.